The molecule has 1 rings (SSSR count). The van der Waals surface area contributed by atoms with E-state index in [-0.39, 0.29) is 18.4 Å². The van der Waals surface area contributed by atoms with Crippen LogP contribution in [0.25, 0.3) is 0 Å². The lowest BCUT2D eigenvalue weighted by Crippen LogP contribution is -2.46. The highest BCUT2D eigenvalue weighted by atomic mass is 17.4. The van der Waals surface area contributed by atoms with Gasteiger partial charge in [0.2, 0.25) is 0 Å². The Morgan fingerprint density at radius 1 is 0.524 bits per heavy atom. The summed E-state index contributed by atoms with van der Waals surface area (Å²) in [5.74, 6) is -1.23. The summed E-state index contributed by atoms with van der Waals surface area (Å²) in [7, 11) is 0. The van der Waals surface area contributed by atoms with Gasteiger partial charge in [-0.25, -0.2) is 0 Å². The molecule has 1 saturated heterocycles. The molecule has 0 aliphatic carbocycles. The number of aliphatic hydroxyl groups is 1. The van der Waals surface area contributed by atoms with Crippen LogP contribution in [0.15, 0.2) is 0 Å². The maximum absolute atomic E-state index is 13.6. The number of aliphatic hydroxyl groups excluding tert-OH is 1. The lowest BCUT2D eigenvalue weighted by Gasteiger charge is -2.27. The molecular formula is C37H73NO4. The van der Waals surface area contributed by atoms with E-state index in [9.17, 15) is 9.90 Å². The Morgan fingerprint density at radius 2 is 0.905 bits per heavy atom. The second-order valence-corrected chi connectivity index (χ2v) is 13.3. The highest BCUT2D eigenvalue weighted by molar-refractivity contribution is 5.85. The van der Waals surface area contributed by atoms with E-state index < -0.39 is 5.79 Å². The van der Waals surface area contributed by atoms with Crippen molar-refractivity contribution in [1.82, 2.24) is 4.90 Å². The van der Waals surface area contributed by atoms with E-state index in [2.05, 4.69) is 20.8 Å². The molecule has 0 aromatic carbocycles. The van der Waals surface area contributed by atoms with E-state index in [0.29, 0.717) is 6.42 Å². The standard InChI is InChI=1S/C37H73NO4/c1-4-7-9-11-13-15-17-18-19-21-23-25-27-29-33-38(32-6-3)36(40)37(41-42-37)35(31-34-39)30-28-26-24-22-20-16-14-12-10-8-5-2/h35,39H,4-34H2,1-3H3. The number of unbranched alkanes of at least 4 members (excludes halogenated alkanes) is 23. The van der Waals surface area contributed by atoms with Crippen LogP contribution in [0.3, 0.4) is 0 Å². The predicted molar refractivity (Wildman–Crippen MR) is 178 cm³/mol. The first-order valence-electron chi connectivity index (χ1n) is 18.9. The number of amides is 1. The summed E-state index contributed by atoms with van der Waals surface area (Å²) >= 11 is 0. The zero-order valence-electron chi connectivity index (χ0n) is 28.6. The fourth-order valence-corrected chi connectivity index (χ4v) is 6.46. The quantitative estimate of drug-likeness (QED) is 0.0465. The molecule has 42 heavy (non-hydrogen) atoms. The number of rotatable bonds is 33. The molecule has 0 saturated carbocycles. The Morgan fingerprint density at radius 3 is 1.26 bits per heavy atom. The fourth-order valence-electron chi connectivity index (χ4n) is 6.46. The smallest absolute Gasteiger partial charge is 0.313 e. The third-order valence-electron chi connectivity index (χ3n) is 9.29. The van der Waals surface area contributed by atoms with Crippen LogP contribution in [-0.2, 0) is 14.6 Å². The fraction of sp³-hybridized carbons (Fsp3) is 0.973. The van der Waals surface area contributed by atoms with E-state index in [1.54, 1.807) is 0 Å². The van der Waals surface area contributed by atoms with Gasteiger partial charge in [-0.2, -0.15) is 9.78 Å². The highest BCUT2D eigenvalue weighted by Crippen LogP contribution is 2.43. The topological polar surface area (TPSA) is 65.6 Å². The molecule has 250 valence electrons. The van der Waals surface area contributed by atoms with E-state index >= 15 is 0 Å². The summed E-state index contributed by atoms with van der Waals surface area (Å²) < 4.78 is 0. The molecule has 1 heterocycles. The minimum absolute atomic E-state index is 0.0134. The van der Waals surface area contributed by atoms with E-state index in [1.165, 1.54) is 148 Å². The van der Waals surface area contributed by atoms with Crippen LogP contribution in [0.1, 0.15) is 201 Å². The van der Waals surface area contributed by atoms with Crippen LogP contribution in [0.4, 0.5) is 0 Å². The van der Waals surface area contributed by atoms with Gasteiger partial charge in [0.15, 0.2) is 0 Å². The minimum atomic E-state index is -1.15. The molecular weight excluding hydrogens is 522 g/mol. The molecule has 0 spiro atoms. The summed E-state index contributed by atoms with van der Waals surface area (Å²) in [6, 6.07) is 0. The molecule has 5 heteroatoms. The summed E-state index contributed by atoms with van der Waals surface area (Å²) in [5, 5.41) is 9.74. The van der Waals surface area contributed by atoms with Gasteiger partial charge in [0.05, 0.1) is 0 Å². The first-order chi connectivity index (χ1) is 20.7. The van der Waals surface area contributed by atoms with Crippen molar-refractivity contribution in [3.05, 3.63) is 0 Å². The van der Waals surface area contributed by atoms with Gasteiger partial charge in [0, 0.05) is 25.6 Å². The Balaban J connectivity index is 2.23. The highest BCUT2D eigenvalue weighted by Gasteiger charge is 2.63. The van der Waals surface area contributed by atoms with Gasteiger partial charge in [0.25, 0.3) is 5.91 Å². The third kappa shape index (κ3) is 18.9. The van der Waals surface area contributed by atoms with E-state index in [4.69, 9.17) is 9.78 Å². The van der Waals surface area contributed by atoms with Gasteiger partial charge >= 0.3 is 5.79 Å². The van der Waals surface area contributed by atoms with Crippen LogP contribution in [-0.4, -0.2) is 41.4 Å². The normalized spacial score (nSPS) is 14.8. The molecule has 0 radical (unpaired) electrons. The third-order valence-corrected chi connectivity index (χ3v) is 9.29. The predicted octanol–water partition coefficient (Wildman–Crippen LogP) is 11.1. The maximum atomic E-state index is 13.6. The van der Waals surface area contributed by atoms with Crippen LogP contribution in [0, 0.1) is 5.92 Å². The molecule has 1 aliphatic rings. The average molecular weight is 596 g/mol. The molecule has 1 unspecified atom stereocenters. The number of hydrogen-bond acceptors (Lipinski definition) is 4. The van der Waals surface area contributed by atoms with E-state index in [0.717, 1.165) is 38.8 Å². The van der Waals surface area contributed by atoms with Gasteiger partial charge in [-0.1, -0.05) is 175 Å². The Hall–Kier alpha value is -0.650. The number of carbonyl (C=O) groups is 1. The zero-order chi connectivity index (χ0) is 30.6. The molecule has 1 N–H and O–H groups in total. The van der Waals surface area contributed by atoms with Crippen molar-refractivity contribution in [3.8, 4) is 0 Å². The second kappa shape index (κ2) is 27.9. The van der Waals surface area contributed by atoms with Gasteiger partial charge in [-0.3, -0.25) is 4.79 Å². The monoisotopic (exact) mass is 596 g/mol. The van der Waals surface area contributed by atoms with Gasteiger partial charge in [-0.15, -0.1) is 0 Å². The van der Waals surface area contributed by atoms with Crippen molar-refractivity contribution in [2.75, 3.05) is 19.7 Å². The Labute approximate surface area is 262 Å². The first-order valence-corrected chi connectivity index (χ1v) is 18.9. The molecule has 1 atom stereocenters. The van der Waals surface area contributed by atoms with Crippen molar-refractivity contribution < 1.29 is 19.7 Å². The summed E-state index contributed by atoms with van der Waals surface area (Å²) in [6.07, 6.45) is 35.5. The maximum Gasteiger partial charge on any atom is 0.313 e. The van der Waals surface area contributed by atoms with Crippen molar-refractivity contribution >= 4 is 5.91 Å². The van der Waals surface area contributed by atoms with E-state index in [1.807, 2.05) is 4.90 Å². The molecule has 1 fully saturated rings. The minimum Gasteiger partial charge on any atom is -0.396 e. The number of nitrogens with zero attached hydrogens (tertiary/aromatic N) is 1. The lowest BCUT2D eigenvalue weighted by molar-refractivity contribution is -0.140. The Bertz CT molecular complexity index is 594. The zero-order valence-corrected chi connectivity index (χ0v) is 28.6. The largest absolute Gasteiger partial charge is 0.396 e. The molecule has 1 aliphatic heterocycles. The molecule has 0 aromatic rings. The van der Waals surface area contributed by atoms with Gasteiger partial charge in [0.1, 0.15) is 0 Å². The van der Waals surface area contributed by atoms with Crippen molar-refractivity contribution in [1.29, 1.82) is 0 Å². The first kappa shape index (κ1) is 39.4. The van der Waals surface area contributed by atoms with Gasteiger partial charge < -0.3 is 10.0 Å². The summed E-state index contributed by atoms with van der Waals surface area (Å²) in [4.78, 5) is 26.5. The van der Waals surface area contributed by atoms with Crippen molar-refractivity contribution in [3.63, 3.8) is 0 Å². The van der Waals surface area contributed by atoms with Crippen LogP contribution < -0.4 is 0 Å². The summed E-state index contributed by atoms with van der Waals surface area (Å²) in [5.41, 5.74) is 0. The molecule has 0 aromatic heterocycles. The number of hydrogen-bond donors (Lipinski definition) is 1. The van der Waals surface area contributed by atoms with Crippen molar-refractivity contribution in [2.45, 2.75) is 206 Å². The van der Waals surface area contributed by atoms with Crippen LogP contribution >= 0.6 is 0 Å². The van der Waals surface area contributed by atoms with Crippen LogP contribution in [0.2, 0.25) is 0 Å². The average Bonchev–Trinajstić information content (AvgIpc) is 3.80. The SMILES string of the molecule is CCCCCCCCCCCCCCCCN(CCC)C(=O)C1(C(CCO)CCCCCCCCCCCCC)OO1. The number of carbonyl (C=O) groups excluding carboxylic acids is 1. The van der Waals surface area contributed by atoms with Gasteiger partial charge in [-0.05, 0) is 25.7 Å². The summed E-state index contributed by atoms with van der Waals surface area (Å²) in [6.45, 7) is 8.28. The second-order valence-electron chi connectivity index (χ2n) is 13.3. The molecule has 5 nitrogen and oxygen atoms in total. The van der Waals surface area contributed by atoms with Crippen molar-refractivity contribution in [2.24, 2.45) is 5.92 Å². The Kier molecular flexibility index (Phi) is 26.1. The lowest BCUT2D eigenvalue weighted by atomic mass is 9.89. The molecule has 0 bridgehead atoms. The molecule has 1 amide bonds. The van der Waals surface area contributed by atoms with Crippen LogP contribution in [0.5, 0.6) is 0 Å².